The maximum Gasteiger partial charge on any atom is 0.326 e. The normalized spacial score (nSPS) is 17.8. The predicted octanol–water partition coefficient (Wildman–Crippen LogP) is 3.11. The van der Waals surface area contributed by atoms with Gasteiger partial charge in [0.05, 0.1) is 29.8 Å². The molecule has 0 bridgehead atoms. The molecule has 3 aromatic rings. The Balaban J connectivity index is 1.11. The quantitative estimate of drug-likeness (QED) is 0.364. The molecule has 1 aromatic carbocycles. The Morgan fingerprint density at radius 1 is 1.23 bits per heavy atom. The first-order valence-corrected chi connectivity index (χ1v) is 13.6. The zero-order valence-corrected chi connectivity index (χ0v) is 22.5. The molecule has 0 aliphatic carbocycles. The van der Waals surface area contributed by atoms with E-state index in [2.05, 4.69) is 26.7 Å². The molecule has 0 spiro atoms. The topological polar surface area (TPSA) is 122 Å². The third-order valence-corrected chi connectivity index (χ3v) is 7.35. The molecule has 0 unspecified atom stereocenters. The van der Waals surface area contributed by atoms with Gasteiger partial charge in [-0.2, -0.15) is 5.10 Å². The van der Waals surface area contributed by atoms with Gasteiger partial charge in [-0.3, -0.25) is 4.79 Å². The third kappa shape index (κ3) is 6.63. The molecule has 4 heterocycles. The van der Waals surface area contributed by atoms with Gasteiger partial charge in [-0.15, -0.1) is 0 Å². The summed E-state index contributed by atoms with van der Waals surface area (Å²) in [4.78, 5) is 31.8. The number of rotatable bonds is 10. The smallest absolute Gasteiger partial charge is 0.326 e. The summed E-state index contributed by atoms with van der Waals surface area (Å²) in [7, 11) is 0. The van der Waals surface area contributed by atoms with Crippen LogP contribution in [0.2, 0.25) is 0 Å². The van der Waals surface area contributed by atoms with E-state index in [1.54, 1.807) is 22.9 Å². The molecular formula is C29H36N6O4. The largest absolute Gasteiger partial charge is 0.480 e. The maximum atomic E-state index is 12.9. The fourth-order valence-electron chi connectivity index (χ4n) is 5.27. The molecule has 1 fully saturated rings. The lowest BCUT2D eigenvalue weighted by Crippen LogP contribution is -2.43. The van der Waals surface area contributed by atoms with Crippen LogP contribution in [0.1, 0.15) is 52.3 Å². The summed E-state index contributed by atoms with van der Waals surface area (Å²) < 4.78 is 7.89. The van der Waals surface area contributed by atoms with Crippen molar-refractivity contribution in [1.82, 2.24) is 25.0 Å². The van der Waals surface area contributed by atoms with E-state index in [1.165, 1.54) is 5.56 Å². The van der Waals surface area contributed by atoms with Crippen LogP contribution in [0.5, 0.6) is 0 Å². The molecule has 39 heavy (non-hydrogen) atoms. The van der Waals surface area contributed by atoms with Gasteiger partial charge in [0.15, 0.2) is 0 Å². The molecule has 2 atom stereocenters. The monoisotopic (exact) mass is 532 g/mol. The Morgan fingerprint density at radius 2 is 2.10 bits per heavy atom. The van der Waals surface area contributed by atoms with Gasteiger partial charge in [-0.25, -0.2) is 14.5 Å². The van der Waals surface area contributed by atoms with Crippen molar-refractivity contribution in [2.24, 2.45) is 0 Å². The van der Waals surface area contributed by atoms with Crippen LogP contribution in [0.15, 0.2) is 42.5 Å². The summed E-state index contributed by atoms with van der Waals surface area (Å²) in [6, 6.07) is 12.2. The molecule has 2 aliphatic heterocycles. The Bertz CT molecular complexity index is 1340. The number of fused-ring (bicyclic) bond motifs is 1. The van der Waals surface area contributed by atoms with Crippen LogP contribution in [0.25, 0.3) is 5.69 Å². The van der Waals surface area contributed by atoms with Crippen LogP contribution in [0, 0.1) is 13.8 Å². The molecule has 0 radical (unpaired) electrons. The zero-order valence-electron chi connectivity index (χ0n) is 22.5. The highest BCUT2D eigenvalue weighted by Crippen LogP contribution is 2.21. The highest BCUT2D eigenvalue weighted by molar-refractivity contribution is 5.97. The molecule has 1 amide bonds. The number of anilines is 1. The standard InChI is InChI=1S/C29H36N6O4/c1-19-15-20(2)35(33-19)24-7-3-5-22(16-24)28(36)32-26(29(37)38)11-14-34-13-10-25(17-34)39-18-23-9-8-21-6-4-12-30-27(21)31-23/h3,5,7-9,15-16,25-26H,4,6,10-14,17-18H2,1-2H3,(H,30,31)(H,32,36)(H,37,38)/t25-,26+/m1/s1. The van der Waals surface area contributed by atoms with Crippen LogP contribution in [0.4, 0.5) is 5.82 Å². The Hall–Kier alpha value is -3.76. The molecule has 10 heteroatoms. The SMILES string of the molecule is Cc1cc(C)n(-c2cccc(C(=O)N[C@@H](CCN3CC[C@@H](OCc4ccc5c(n4)NCCC5)C3)C(=O)O)c2)n1. The van der Waals surface area contributed by atoms with E-state index in [0.29, 0.717) is 25.1 Å². The van der Waals surface area contributed by atoms with Gasteiger partial charge in [0, 0.05) is 37.4 Å². The van der Waals surface area contributed by atoms with Crippen molar-refractivity contribution in [3.8, 4) is 5.69 Å². The summed E-state index contributed by atoms with van der Waals surface area (Å²) in [5, 5.41) is 20.3. The molecule has 3 N–H and O–H groups in total. The van der Waals surface area contributed by atoms with Gasteiger partial charge in [0.2, 0.25) is 0 Å². The van der Waals surface area contributed by atoms with Crippen LogP contribution in [-0.2, 0) is 22.6 Å². The minimum atomic E-state index is -1.04. The molecule has 2 aromatic heterocycles. The fourth-order valence-corrected chi connectivity index (χ4v) is 5.27. The van der Waals surface area contributed by atoms with E-state index in [9.17, 15) is 14.7 Å². The number of pyridine rings is 1. The average molecular weight is 533 g/mol. The van der Waals surface area contributed by atoms with Crippen molar-refractivity contribution in [3.63, 3.8) is 0 Å². The van der Waals surface area contributed by atoms with Gasteiger partial charge < -0.3 is 25.4 Å². The number of aryl methyl sites for hydroxylation is 3. The van der Waals surface area contributed by atoms with E-state index in [1.807, 2.05) is 32.0 Å². The number of hydrogen-bond donors (Lipinski definition) is 3. The van der Waals surface area contributed by atoms with Crippen molar-refractivity contribution < 1.29 is 19.4 Å². The van der Waals surface area contributed by atoms with Crippen molar-refractivity contribution in [2.45, 2.75) is 58.3 Å². The minimum absolute atomic E-state index is 0.0748. The van der Waals surface area contributed by atoms with Crippen LogP contribution < -0.4 is 10.6 Å². The molecule has 10 nitrogen and oxygen atoms in total. The van der Waals surface area contributed by atoms with Crippen molar-refractivity contribution >= 4 is 17.7 Å². The first-order valence-electron chi connectivity index (χ1n) is 13.6. The van der Waals surface area contributed by atoms with Gasteiger partial charge in [0.1, 0.15) is 11.9 Å². The number of ether oxygens (including phenoxy) is 1. The van der Waals surface area contributed by atoms with E-state index in [-0.39, 0.29) is 6.10 Å². The molecule has 206 valence electrons. The highest BCUT2D eigenvalue weighted by Gasteiger charge is 2.27. The number of hydrogen-bond acceptors (Lipinski definition) is 7. The van der Waals surface area contributed by atoms with Gasteiger partial charge >= 0.3 is 5.97 Å². The number of amides is 1. The molecule has 5 rings (SSSR count). The Morgan fingerprint density at radius 3 is 2.90 bits per heavy atom. The number of carboxylic acid groups (broad SMARTS) is 1. The first-order chi connectivity index (χ1) is 18.9. The number of carbonyl (C=O) groups is 2. The van der Waals surface area contributed by atoms with Crippen LogP contribution in [0.3, 0.4) is 0 Å². The lowest BCUT2D eigenvalue weighted by atomic mass is 10.1. The number of carboxylic acids is 1. The predicted molar refractivity (Wildman–Crippen MR) is 147 cm³/mol. The lowest BCUT2D eigenvalue weighted by Gasteiger charge is -2.20. The second-order valence-electron chi connectivity index (χ2n) is 10.4. The van der Waals surface area contributed by atoms with E-state index in [0.717, 1.165) is 67.5 Å². The van der Waals surface area contributed by atoms with Crippen molar-refractivity contribution in [2.75, 3.05) is 31.5 Å². The average Bonchev–Trinajstić information content (AvgIpc) is 3.54. The molecule has 1 saturated heterocycles. The first kappa shape index (κ1) is 26.8. The number of aromatic nitrogens is 3. The second-order valence-corrected chi connectivity index (χ2v) is 10.4. The van der Waals surface area contributed by atoms with E-state index >= 15 is 0 Å². The van der Waals surface area contributed by atoms with Gasteiger partial charge in [0.25, 0.3) is 5.91 Å². The second kappa shape index (κ2) is 12.0. The summed E-state index contributed by atoms with van der Waals surface area (Å²) in [6.07, 6.45) is 3.46. The molecule has 0 saturated carbocycles. The number of likely N-dealkylation sites (tertiary alicyclic amines) is 1. The number of nitrogens with one attached hydrogen (secondary N) is 2. The Kier molecular flexibility index (Phi) is 8.23. The van der Waals surface area contributed by atoms with Crippen LogP contribution in [-0.4, -0.2) is 75.0 Å². The van der Waals surface area contributed by atoms with Gasteiger partial charge in [-0.1, -0.05) is 12.1 Å². The number of carbonyl (C=O) groups excluding carboxylic acids is 1. The van der Waals surface area contributed by atoms with E-state index < -0.39 is 17.9 Å². The zero-order chi connectivity index (χ0) is 27.4. The summed E-state index contributed by atoms with van der Waals surface area (Å²) >= 11 is 0. The summed E-state index contributed by atoms with van der Waals surface area (Å²) in [6.45, 7) is 7.39. The Labute approximate surface area is 228 Å². The lowest BCUT2D eigenvalue weighted by molar-refractivity contribution is -0.139. The summed E-state index contributed by atoms with van der Waals surface area (Å²) in [5.41, 5.74) is 5.16. The number of benzene rings is 1. The minimum Gasteiger partial charge on any atom is -0.480 e. The fraction of sp³-hybridized carbons (Fsp3) is 0.448. The van der Waals surface area contributed by atoms with Crippen molar-refractivity contribution in [1.29, 1.82) is 0 Å². The maximum absolute atomic E-state index is 12.9. The van der Waals surface area contributed by atoms with Gasteiger partial charge in [-0.05, 0) is 75.4 Å². The van der Waals surface area contributed by atoms with Crippen LogP contribution >= 0.6 is 0 Å². The summed E-state index contributed by atoms with van der Waals surface area (Å²) in [5.74, 6) is -0.493. The third-order valence-electron chi connectivity index (χ3n) is 7.35. The van der Waals surface area contributed by atoms with E-state index in [4.69, 9.17) is 9.72 Å². The van der Waals surface area contributed by atoms with Crippen molar-refractivity contribution in [3.05, 3.63) is 70.7 Å². The molecular weight excluding hydrogens is 496 g/mol. The number of aliphatic carboxylic acids is 1. The molecule has 2 aliphatic rings. The number of nitrogens with zero attached hydrogens (tertiary/aromatic N) is 4. The highest BCUT2D eigenvalue weighted by atomic mass is 16.5.